The molecule has 1 rings (SSSR count). The van der Waals surface area contributed by atoms with Crippen LogP contribution in [-0.2, 0) is 9.47 Å². The predicted octanol–water partition coefficient (Wildman–Crippen LogP) is 1.57. The summed E-state index contributed by atoms with van der Waals surface area (Å²) in [5, 5.41) is 0. The average Bonchev–Trinajstić information content (AvgIpc) is 2.26. The first-order valence-corrected chi connectivity index (χ1v) is 4.37. The lowest BCUT2D eigenvalue weighted by molar-refractivity contribution is 0.0555. The summed E-state index contributed by atoms with van der Waals surface area (Å²) in [4.78, 5) is 22.7. The highest BCUT2D eigenvalue weighted by atomic mass is 16.5. The fraction of sp³-hybridized carbons (Fsp3) is 0.273. The molecule has 0 heterocycles. The van der Waals surface area contributed by atoms with Crippen LogP contribution < -0.4 is 0 Å². The average molecular weight is 208 g/mol. The Bertz CT molecular complexity index is 396. The molecule has 1 aromatic rings. The van der Waals surface area contributed by atoms with Crippen molar-refractivity contribution in [3.05, 3.63) is 34.9 Å². The van der Waals surface area contributed by atoms with Crippen molar-refractivity contribution < 1.29 is 19.1 Å². The molecule has 1 aromatic carbocycles. The van der Waals surface area contributed by atoms with E-state index in [0.717, 1.165) is 5.56 Å². The van der Waals surface area contributed by atoms with E-state index in [1.165, 1.54) is 14.2 Å². The molecule has 4 nitrogen and oxygen atoms in total. The number of carbonyl (C=O) groups excluding carboxylic acids is 2. The fourth-order valence-electron chi connectivity index (χ4n) is 1.22. The molecule has 0 amide bonds. The Morgan fingerprint density at radius 3 is 2.07 bits per heavy atom. The van der Waals surface area contributed by atoms with Gasteiger partial charge < -0.3 is 9.47 Å². The SMILES string of the molecule is COC(=O)c1ccc(C)cc1C(=O)OC. The second kappa shape index (κ2) is 4.59. The van der Waals surface area contributed by atoms with Crippen LogP contribution in [0.3, 0.4) is 0 Å². The van der Waals surface area contributed by atoms with Gasteiger partial charge >= 0.3 is 11.9 Å². The van der Waals surface area contributed by atoms with E-state index in [4.69, 9.17) is 0 Å². The van der Waals surface area contributed by atoms with Crippen molar-refractivity contribution in [1.82, 2.24) is 0 Å². The minimum Gasteiger partial charge on any atom is -0.465 e. The summed E-state index contributed by atoms with van der Waals surface area (Å²) in [6, 6.07) is 4.88. The van der Waals surface area contributed by atoms with Gasteiger partial charge in [-0.1, -0.05) is 11.6 Å². The molecule has 0 aliphatic rings. The van der Waals surface area contributed by atoms with Crippen LogP contribution in [0.15, 0.2) is 18.2 Å². The summed E-state index contributed by atoms with van der Waals surface area (Å²) in [5.74, 6) is -1.09. The van der Waals surface area contributed by atoms with Crippen LogP contribution in [0, 0.1) is 6.92 Å². The molecule has 80 valence electrons. The van der Waals surface area contributed by atoms with Crippen molar-refractivity contribution in [3.63, 3.8) is 0 Å². The Morgan fingerprint density at radius 2 is 1.53 bits per heavy atom. The van der Waals surface area contributed by atoms with E-state index in [2.05, 4.69) is 9.47 Å². The van der Waals surface area contributed by atoms with Gasteiger partial charge in [-0.25, -0.2) is 9.59 Å². The molecule has 0 fully saturated rings. The monoisotopic (exact) mass is 208 g/mol. The molecule has 0 atom stereocenters. The van der Waals surface area contributed by atoms with E-state index in [1.54, 1.807) is 18.2 Å². The maximum Gasteiger partial charge on any atom is 0.338 e. The molecule has 15 heavy (non-hydrogen) atoms. The van der Waals surface area contributed by atoms with E-state index in [0.29, 0.717) is 0 Å². The van der Waals surface area contributed by atoms with Gasteiger partial charge in [0, 0.05) is 0 Å². The molecule has 0 radical (unpaired) electrons. The number of benzene rings is 1. The van der Waals surface area contributed by atoms with Crippen LogP contribution in [0.1, 0.15) is 26.3 Å². The van der Waals surface area contributed by atoms with Gasteiger partial charge in [-0.3, -0.25) is 0 Å². The Kier molecular flexibility index (Phi) is 3.44. The molecule has 0 spiro atoms. The zero-order valence-corrected chi connectivity index (χ0v) is 8.87. The van der Waals surface area contributed by atoms with Crippen LogP contribution in [0.2, 0.25) is 0 Å². The lowest BCUT2D eigenvalue weighted by Gasteiger charge is -2.06. The van der Waals surface area contributed by atoms with E-state index in [-0.39, 0.29) is 11.1 Å². The van der Waals surface area contributed by atoms with E-state index in [1.807, 2.05) is 6.92 Å². The van der Waals surface area contributed by atoms with Gasteiger partial charge in [0.2, 0.25) is 0 Å². The van der Waals surface area contributed by atoms with Crippen LogP contribution >= 0.6 is 0 Å². The van der Waals surface area contributed by atoms with Gasteiger partial charge in [-0.15, -0.1) is 0 Å². The van der Waals surface area contributed by atoms with Gasteiger partial charge in [0.15, 0.2) is 0 Å². The van der Waals surface area contributed by atoms with Crippen LogP contribution in [-0.4, -0.2) is 26.2 Å². The molecule has 0 bridgehead atoms. The number of ether oxygens (including phenoxy) is 2. The summed E-state index contributed by atoms with van der Waals surface area (Å²) in [7, 11) is 2.54. The highest BCUT2D eigenvalue weighted by Crippen LogP contribution is 2.14. The maximum absolute atomic E-state index is 11.4. The van der Waals surface area contributed by atoms with Gasteiger partial charge in [-0.05, 0) is 19.1 Å². The standard InChI is InChI=1S/C11H12O4/c1-7-4-5-8(10(12)14-2)9(6-7)11(13)15-3/h4-6H,1-3H3. The highest BCUT2D eigenvalue weighted by Gasteiger charge is 2.17. The number of hydrogen-bond donors (Lipinski definition) is 0. The summed E-state index contributed by atoms with van der Waals surface area (Å²) in [5.41, 5.74) is 1.32. The van der Waals surface area contributed by atoms with Crippen molar-refractivity contribution in [2.24, 2.45) is 0 Å². The molecule has 0 aromatic heterocycles. The Balaban J connectivity index is 3.26. The third-order valence-corrected chi connectivity index (χ3v) is 1.99. The second-order valence-corrected chi connectivity index (χ2v) is 3.03. The first-order valence-electron chi connectivity index (χ1n) is 4.37. The van der Waals surface area contributed by atoms with E-state index >= 15 is 0 Å². The molecule has 0 N–H and O–H groups in total. The van der Waals surface area contributed by atoms with Crippen molar-refractivity contribution in [1.29, 1.82) is 0 Å². The molecule has 0 saturated carbocycles. The fourth-order valence-corrected chi connectivity index (χ4v) is 1.22. The number of carbonyl (C=O) groups is 2. The van der Waals surface area contributed by atoms with Crippen molar-refractivity contribution >= 4 is 11.9 Å². The lowest BCUT2D eigenvalue weighted by Crippen LogP contribution is -2.11. The third-order valence-electron chi connectivity index (χ3n) is 1.99. The quantitative estimate of drug-likeness (QED) is 0.692. The normalized spacial score (nSPS) is 9.53. The smallest absolute Gasteiger partial charge is 0.338 e. The van der Waals surface area contributed by atoms with E-state index in [9.17, 15) is 9.59 Å². The van der Waals surface area contributed by atoms with Crippen LogP contribution in [0.4, 0.5) is 0 Å². The zero-order valence-electron chi connectivity index (χ0n) is 8.87. The molecular formula is C11H12O4. The van der Waals surface area contributed by atoms with Crippen LogP contribution in [0.5, 0.6) is 0 Å². The molecular weight excluding hydrogens is 196 g/mol. The highest BCUT2D eigenvalue weighted by molar-refractivity contribution is 6.03. The van der Waals surface area contributed by atoms with Gasteiger partial charge in [0.25, 0.3) is 0 Å². The second-order valence-electron chi connectivity index (χ2n) is 3.03. The minimum atomic E-state index is -0.546. The predicted molar refractivity (Wildman–Crippen MR) is 53.9 cm³/mol. The number of hydrogen-bond acceptors (Lipinski definition) is 4. The van der Waals surface area contributed by atoms with Crippen molar-refractivity contribution in [2.45, 2.75) is 6.92 Å². The zero-order chi connectivity index (χ0) is 11.4. The molecule has 0 unspecified atom stereocenters. The minimum absolute atomic E-state index is 0.218. The van der Waals surface area contributed by atoms with Crippen molar-refractivity contribution in [2.75, 3.05) is 14.2 Å². The number of esters is 2. The van der Waals surface area contributed by atoms with Crippen molar-refractivity contribution in [3.8, 4) is 0 Å². The topological polar surface area (TPSA) is 52.6 Å². The van der Waals surface area contributed by atoms with Gasteiger partial charge in [-0.2, -0.15) is 0 Å². The summed E-state index contributed by atoms with van der Waals surface area (Å²) in [6.07, 6.45) is 0. The largest absolute Gasteiger partial charge is 0.465 e. The first-order chi connectivity index (χ1) is 7.10. The third kappa shape index (κ3) is 2.34. The Labute approximate surface area is 87.8 Å². The lowest BCUT2D eigenvalue weighted by atomic mass is 10.0. The maximum atomic E-state index is 11.4. The molecule has 0 aliphatic carbocycles. The molecule has 0 saturated heterocycles. The van der Waals surface area contributed by atoms with E-state index < -0.39 is 11.9 Å². The summed E-state index contributed by atoms with van der Waals surface area (Å²) in [6.45, 7) is 1.83. The number of aryl methyl sites for hydroxylation is 1. The molecule has 0 aliphatic heterocycles. The number of methoxy groups -OCH3 is 2. The summed E-state index contributed by atoms with van der Waals surface area (Å²) >= 11 is 0. The summed E-state index contributed by atoms with van der Waals surface area (Å²) < 4.78 is 9.14. The Morgan fingerprint density at radius 1 is 1.00 bits per heavy atom. The van der Waals surface area contributed by atoms with Crippen LogP contribution in [0.25, 0.3) is 0 Å². The molecule has 4 heteroatoms. The van der Waals surface area contributed by atoms with Gasteiger partial charge in [0.1, 0.15) is 0 Å². The van der Waals surface area contributed by atoms with Gasteiger partial charge in [0.05, 0.1) is 25.3 Å². The Hall–Kier alpha value is -1.84. The first kappa shape index (κ1) is 11.2. The number of rotatable bonds is 2.